The first-order valence-corrected chi connectivity index (χ1v) is 21.3. The van der Waals surface area contributed by atoms with E-state index in [1.54, 1.807) is 6.20 Å². The lowest BCUT2D eigenvalue weighted by Crippen LogP contribution is -2.32. The van der Waals surface area contributed by atoms with Gasteiger partial charge >= 0.3 is 11.9 Å². The van der Waals surface area contributed by atoms with Crippen molar-refractivity contribution in [3.63, 3.8) is 0 Å². The van der Waals surface area contributed by atoms with Crippen LogP contribution in [0.25, 0.3) is 0 Å². The number of aromatic nitrogens is 2. The smallest absolute Gasteiger partial charge is 0.306 e. The van der Waals surface area contributed by atoms with E-state index in [2.05, 4.69) is 41.0 Å². The fraction of sp³-hybridized carbons (Fsp3) is 0.857. The molecule has 9 nitrogen and oxygen atoms in total. The van der Waals surface area contributed by atoms with Crippen molar-refractivity contribution in [1.82, 2.24) is 20.2 Å². The van der Waals surface area contributed by atoms with Gasteiger partial charge in [-0.1, -0.05) is 124 Å². The summed E-state index contributed by atoms with van der Waals surface area (Å²) in [5, 5.41) is 2.96. The van der Waals surface area contributed by atoms with Gasteiger partial charge in [-0.15, -0.1) is 0 Å². The van der Waals surface area contributed by atoms with E-state index in [1.165, 1.54) is 70.5 Å². The molecule has 0 aliphatic heterocycles. The first kappa shape index (κ1) is 46.6. The molecular formula is C42H78N4O5. The van der Waals surface area contributed by atoms with Crippen LogP contribution < -0.4 is 5.32 Å². The number of hydrogen-bond donors (Lipinski definition) is 2. The number of aromatic amines is 1. The second kappa shape index (κ2) is 34.7. The molecule has 0 saturated heterocycles. The maximum Gasteiger partial charge on any atom is 0.306 e. The Labute approximate surface area is 312 Å². The zero-order valence-corrected chi connectivity index (χ0v) is 33.3. The summed E-state index contributed by atoms with van der Waals surface area (Å²) >= 11 is 0. The number of unbranched alkanes of at least 4 members (excludes halogenated alkanes) is 17. The van der Waals surface area contributed by atoms with Crippen LogP contribution >= 0.6 is 0 Å². The number of nitrogens with one attached hydrogen (secondary N) is 2. The van der Waals surface area contributed by atoms with E-state index < -0.39 is 0 Å². The van der Waals surface area contributed by atoms with Crippen molar-refractivity contribution in [1.29, 1.82) is 0 Å². The summed E-state index contributed by atoms with van der Waals surface area (Å²) in [4.78, 5) is 46.5. The van der Waals surface area contributed by atoms with Gasteiger partial charge in [0.25, 0.3) is 5.91 Å². The molecule has 0 fully saturated rings. The number of hydrogen-bond acceptors (Lipinski definition) is 7. The third-order valence-electron chi connectivity index (χ3n) is 9.70. The number of imidazole rings is 1. The zero-order chi connectivity index (χ0) is 37.0. The average Bonchev–Trinajstić information content (AvgIpc) is 3.67. The predicted octanol–water partition coefficient (Wildman–Crippen LogP) is 10.5. The molecule has 1 rings (SSSR count). The van der Waals surface area contributed by atoms with Gasteiger partial charge in [0.2, 0.25) is 0 Å². The highest BCUT2D eigenvalue weighted by Crippen LogP contribution is 2.18. The van der Waals surface area contributed by atoms with Crippen molar-refractivity contribution >= 4 is 17.8 Å². The topological polar surface area (TPSA) is 114 Å². The van der Waals surface area contributed by atoms with Crippen molar-refractivity contribution in [2.75, 3.05) is 32.8 Å². The standard InChI is InChI=1S/C42H78N4O5/c1-4-7-10-12-16-20-27-38(28-21-17-13-11-8-5-2)51-41(48)30-25-33-46(34-26-31-44-42(49)39-36-43-37-45-39)32-23-19-15-14-18-22-29-40(47)50-35-24-9-6-3/h36-38H,4-35H2,1-3H3,(H,43,45)(H,44,49). The molecule has 1 amide bonds. The zero-order valence-electron chi connectivity index (χ0n) is 33.3. The molecule has 9 heteroatoms. The summed E-state index contributed by atoms with van der Waals surface area (Å²) in [5.41, 5.74) is 0.403. The van der Waals surface area contributed by atoms with Crippen LogP contribution in [0.4, 0.5) is 0 Å². The fourth-order valence-electron chi connectivity index (χ4n) is 6.50. The lowest BCUT2D eigenvalue weighted by molar-refractivity contribution is -0.150. The van der Waals surface area contributed by atoms with Crippen molar-refractivity contribution in [2.45, 2.75) is 200 Å². The highest BCUT2D eigenvalue weighted by Gasteiger charge is 2.15. The van der Waals surface area contributed by atoms with E-state index in [0.29, 0.717) is 31.7 Å². The Morgan fingerprint density at radius 1 is 0.647 bits per heavy atom. The third kappa shape index (κ3) is 28.8. The molecule has 0 aliphatic rings. The Morgan fingerprint density at radius 2 is 1.18 bits per heavy atom. The highest BCUT2D eigenvalue weighted by molar-refractivity contribution is 5.91. The van der Waals surface area contributed by atoms with Crippen LogP contribution in [0.3, 0.4) is 0 Å². The van der Waals surface area contributed by atoms with Crippen LogP contribution in [0.15, 0.2) is 12.5 Å². The summed E-state index contributed by atoms with van der Waals surface area (Å²) in [7, 11) is 0. The Morgan fingerprint density at radius 3 is 1.80 bits per heavy atom. The van der Waals surface area contributed by atoms with Crippen LogP contribution in [0.5, 0.6) is 0 Å². The van der Waals surface area contributed by atoms with Crippen molar-refractivity contribution < 1.29 is 23.9 Å². The monoisotopic (exact) mass is 719 g/mol. The molecule has 1 aromatic rings. The molecule has 0 unspecified atom stereocenters. The summed E-state index contributed by atoms with van der Waals surface area (Å²) < 4.78 is 11.4. The number of rotatable bonds is 37. The normalized spacial score (nSPS) is 11.4. The summed E-state index contributed by atoms with van der Waals surface area (Å²) in [6.45, 7) is 10.5. The summed E-state index contributed by atoms with van der Waals surface area (Å²) in [6.07, 6.45) is 32.5. The van der Waals surface area contributed by atoms with Crippen LogP contribution in [0, 0.1) is 0 Å². The van der Waals surface area contributed by atoms with E-state index in [-0.39, 0.29) is 23.9 Å². The first-order chi connectivity index (χ1) is 25.0. The molecule has 0 atom stereocenters. The molecule has 0 radical (unpaired) electrons. The Hall–Kier alpha value is -2.42. The molecule has 0 saturated carbocycles. The summed E-state index contributed by atoms with van der Waals surface area (Å²) in [5.74, 6) is -0.267. The first-order valence-electron chi connectivity index (χ1n) is 21.3. The number of H-pyrrole nitrogens is 1. The predicted molar refractivity (Wildman–Crippen MR) is 210 cm³/mol. The number of amides is 1. The Kier molecular flexibility index (Phi) is 31.7. The quantitative estimate of drug-likeness (QED) is 0.0520. The van der Waals surface area contributed by atoms with Crippen LogP contribution in [-0.4, -0.2) is 71.6 Å². The van der Waals surface area contributed by atoms with Gasteiger partial charge in [0, 0.05) is 25.6 Å². The van der Waals surface area contributed by atoms with Gasteiger partial charge < -0.3 is 24.7 Å². The molecule has 1 aromatic heterocycles. The molecule has 0 aliphatic carbocycles. The lowest BCUT2D eigenvalue weighted by atomic mass is 10.0. The number of ether oxygens (including phenoxy) is 2. The maximum absolute atomic E-state index is 13.0. The minimum Gasteiger partial charge on any atom is -0.466 e. The van der Waals surface area contributed by atoms with E-state index in [1.807, 2.05) is 0 Å². The molecule has 0 aromatic carbocycles. The Balaban J connectivity index is 2.45. The average molecular weight is 719 g/mol. The van der Waals surface area contributed by atoms with Gasteiger partial charge in [0.15, 0.2) is 0 Å². The maximum atomic E-state index is 13.0. The molecular weight excluding hydrogens is 640 g/mol. The minimum atomic E-state index is -0.160. The van der Waals surface area contributed by atoms with Gasteiger partial charge in [-0.2, -0.15) is 0 Å². The molecule has 0 bridgehead atoms. The van der Waals surface area contributed by atoms with Gasteiger partial charge in [-0.25, -0.2) is 4.98 Å². The number of carbonyl (C=O) groups excluding carboxylic acids is 3. The van der Waals surface area contributed by atoms with Crippen LogP contribution in [0.2, 0.25) is 0 Å². The highest BCUT2D eigenvalue weighted by atomic mass is 16.5. The third-order valence-corrected chi connectivity index (χ3v) is 9.70. The van der Waals surface area contributed by atoms with Crippen LogP contribution in [-0.2, 0) is 19.1 Å². The van der Waals surface area contributed by atoms with Crippen molar-refractivity contribution in [3.8, 4) is 0 Å². The summed E-state index contributed by atoms with van der Waals surface area (Å²) in [6, 6.07) is 0. The number of esters is 2. The second-order valence-electron chi connectivity index (χ2n) is 14.5. The molecule has 1 heterocycles. The minimum absolute atomic E-state index is 0.0481. The van der Waals surface area contributed by atoms with Crippen molar-refractivity contribution in [2.24, 2.45) is 0 Å². The van der Waals surface area contributed by atoms with Crippen LogP contribution in [0.1, 0.15) is 205 Å². The number of carbonyl (C=O) groups is 3. The van der Waals surface area contributed by atoms with Gasteiger partial charge in [-0.05, 0) is 77.4 Å². The van der Waals surface area contributed by atoms with E-state index in [9.17, 15) is 14.4 Å². The van der Waals surface area contributed by atoms with Crippen molar-refractivity contribution in [3.05, 3.63) is 18.2 Å². The second-order valence-corrected chi connectivity index (χ2v) is 14.5. The molecule has 2 N–H and O–H groups in total. The molecule has 0 spiro atoms. The molecule has 51 heavy (non-hydrogen) atoms. The largest absolute Gasteiger partial charge is 0.466 e. The van der Waals surface area contributed by atoms with E-state index in [0.717, 1.165) is 116 Å². The lowest BCUT2D eigenvalue weighted by Gasteiger charge is -2.23. The molecule has 296 valence electrons. The van der Waals surface area contributed by atoms with E-state index >= 15 is 0 Å². The Bertz CT molecular complexity index is 926. The number of nitrogens with zero attached hydrogens (tertiary/aromatic N) is 2. The van der Waals surface area contributed by atoms with Gasteiger partial charge in [-0.3, -0.25) is 14.4 Å². The fourth-order valence-corrected chi connectivity index (χ4v) is 6.50. The van der Waals surface area contributed by atoms with Gasteiger partial charge in [0.1, 0.15) is 11.8 Å². The van der Waals surface area contributed by atoms with Gasteiger partial charge in [0.05, 0.1) is 12.9 Å². The van der Waals surface area contributed by atoms with E-state index in [4.69, 9.17) is 9.47 Å². The SMILES string of the molecule is CCCCCCCCC(CCCCCCCC)OC(=O)CCCN(CCCCCCCCC(=O)OCCCCC)CCCNC(=O)c1c[nH]cn1.